The Balaban J connectivity index is 2.29. The average Bonchev–Trinajstić information content (AvgIpc) is 2.61. The van der Waals surface area contributed by atoms with Crippen molar-refractivity contribution in [1.29, 1.82) is 0 Å². The number of fused-ring (bicyclic) bond motifs is 1. The number of aromatic nitrogens is 2. The summed E-state index contributed by atoms with van der Waals surface area (Å²) in [5.74, 6) is 0.366. The Morgan fingerprint density at radius 2 is 1.96 bits per heavy atom. The molecule has 1 heterocycles. The van der Waals surface area contributed by atoms with Crippen molar-refractivity contribution in [2.75, 3.05) is 27.2 Å². The van der Waals surface area contributed by atoms with E-state index < -0.39 is 0 Å². The van der Waals surface area contributed by atoms with Crippen LogP contribution in [-0.2, 0) is 11.3 Å². The Kier molecular flexibility index (Phi) is 7.86. The van der Waals surface area contributed by atoms with Crippen LogP contribution in [0.2, 0.25) is 0 Å². The average molecular weight is 391 g/mol. The number of rotatable bonds is 9. The summed E-state index contributed by atoms with van der Waals surface area (Å²) in [5.41, 5.74) is 0.625. The van der Waals surface area contributed by atoms with E-state index in [2.05, 4.69) is 29.0 Å². The SMILES string of the molecule is CC(C)CNC(=O)[C@H](C)Sc1nc2ccccc2c(=O)n1CCCN(C)C. The molecule has 1 atom stereocenters. The number of carbonyl (C=O) groups excluding carboxylic acids is 1. The van der Waals surface area contributed by atoms with Crippen LogP contribution in [0.3, 0.4) is 0 Å². The maximum atomic E-state index is 13.0. The minimum absolute atomic E-state index is 0.0315. The van der Waals surface area contributed by atoms with E-state index in [1.807, 2.05) is 39.2 Å². The normalized spacial score (nSPS) is 12.7. The van der Waals surface area contributed by atoms with Gasteiger partial charge in [0.1, 0.15) is 0 Å². The molecule has 1 aromatic carbocycles. The van der Waals surface area contributed by atoms with Crippen molar-refractivity contribution in [1.82, 2.24) is 19.8 Å². The van der Waals surface area contributed by atoms with Gasteiger partial charge in [-0.1, -0.05) is 37.7 Å². The van der Waals surface area contributed by atoms with E-state index in [0.717, 1.165) is 13.0 Å². The number of benzene rings is 1. The molecule has 0 unspecified atom stereocenters. The summed E-state index contributed by atoms with van der Waals surface area (Å²) in [6.45, 7) is 8.08. The van der Waals surface area contributed by atoms with Gasteiger partial charge in [0.05, 0.1) is 16.2 Å². The predicted molar refractivity (Wildman–Crippen MR) is 112 cm³/mol. The van der Waals surface area contributed by atoms with Gasteiger partial charge in [-0.25, -0.2) is 4.98 Å². The van der Waals surface area contributed by atoms with E-state index in [1.165, 1.54) is 11.8 Å². The highest BCUT2D eigenvalue weighted by Crippen LogP contribution is 2.23. The molecule has 0 spiro atoms. The molecule has 6 nitrogen and oxygen atoms in total. The zero-order valence-corrected chi connectivity index (χ0v) is 17.7. The molecular formula is C20H30N4O2S. The van der Waals surface area contributed by atoms with Crippen LogP contribution in [0.15, 0.2) is 34.2 Å². The molecule has 0 bridgehead atoms. The molecule has 1 N–H and O–H groups in total. The standard InChI is InChI=1S/C20H30N4O2S/c1-14(2)13-21-18(25)15(3)27-20-22-17-10-7-6-9-16(17)19(26)24(20)12-8-11-23(4)5/h6-7,9-10,14-15H,8,11-13H2,1-5H3,(H,21,25)/t15-/m0/s1. The van der Waals surface area contributed by atoms with Crippen molar-refractivity contribution in [3.05, 3.63) is 34.6 Å². The number of hydrogen-bond acceptors (Lipinski definition) is 5. The summed E-state index contributed by atoms with van der Waals surface area (Å²) in [5, 5.41) is 3.84. The highest BCUT2D eigenvalue weighted by atomic mass is 32.2. The van der Waals surface area contributed by atoms with Crippen LogP contribution in [0.1, 0.15) is 27.2 Å². The number of amides is 1. The van der Waals surface area contributed by atoms with Crippen LogP contribution in [0.5, 0.6) is 0 Å². The second kappa shape index (κ2) is 9.90. The molecule has 27 heavy (non-hydrogen) atoms. The third-order valence-corrected chi connectivity index (χ3v) is 5.24. The second-order valence-corrected chi connectivity index (χ2v) is 8.73. The first-order chi connectivity index (χ1) is 12.8. The molecule has 148 valence electrons. The van der Waals surface area contributed by atoms with Gasteiger partial charge in [0.15, 0.2) is 5.16 Å². The van der Waals surface area contributed by atoms with Gasteiger partial charge >= 0.3 is 0 Å². The van der Waals surface area contributed by atoms with E-state index in [4.69, 9.17) is 0 Å². The molecule has 7 heteroatoms. The fourth-order valence-electron chi connectivity index (χ4n) is 2.64. The molecule has 2 aromatic rings. The third kappa shape index (κ3) is 6.07. The van der Waals surface area contributed by atoms with Crippen LogP contribution >= 0.6 is 11.8 Å². The Labute approximate surface area is 165 Å². The van der Waals surface area contributed by atoms with Crippen LogP contribution < -0.4 is 10.9 Å². The minimum Gasteiger partial charge on any atom is -0.355 e. The molecule has 0 saturated carbocycles. The number of thioether (sulfide) groups is 1. The van der Waals surface area contributed by atoms with Gasteiger partial charge in [0.25, 0.3) is 5.56 Å². The Bertz CT molecular complexity index is 832. The van der Waals surface area contributed by atoms with Crippen molar-refractivity contribution < 1.29 is 4.79 Å². The molecule has 0 aliphatic rings. The van der Waals surface area contributed by atoms with Crippen molar-refractivity contribution in [3.8, 4) is 0 Å². The fourth-order valence-corrected chi connectivity index (χ4v) is 3.60. The van der Waals surface area contributed by atoms with Gasteiger partial charge in [-0.3, -0.25) is 14.2 Å². The van der Waals surface area contributed by atoms with Crippen LogP contribution in [0.4, 0.5) is 0 Å². The number of nitrogens with one attached hydrogen (secondary N) is 1. The highest BCUT2D eigenvalue weighted by Gasteiger charge is 2.19. The lowest BCUT2D eigenvalue weighted by Gasteiger charge is -2.17. The lowest BCUT2D eigenvalue weighted by atomic mass is 10.2. The quantitative estimate of drug-likeness (QED) is 0.527. The Morgan fingerprint density at radius 1 is 1.26 bits per heavy atom. The van der Waals surface area contributed by atoms with Gasteiger partial charge in [-0.2, -0.15) is 0 Å². The first-order valence-electron chi connectivity index (χ1n) is 9.38. The third-order valence-electron chi connectivity index (χ3n) is 4.15. The second-order valence-electron chi connectivity index (χ2n) is 7.42. The van der Waals surface area contributed by atoms with Crippen molar-refractivity contribution >= 4 is 28.6 Å². The van der Waals surface area contributed by atoms with E-state index in [0.29, 0.717) is 35.1 Å². The van der Waals surface area contributed by atoms with Crippen molar-refractivity contribution in [3.63, 3.8) is 0 Å². The summed E-state index contributed by atoms with van der Waals surface area (Å²) in [6, 6.07) is 7.37. The van der Waals surface area contributed by atoms with Gasteiger partial charge in [0, 0.05) is 13.1 Å². The Morgan fingerprint density at radius 3 is 2.63 bits per heavy atom. The zero-order chi connectivity index (χ0) is 20.0. The Hall–Kier alpha value is -1.86. The van der Waals surface area contributed by atoms with E-state index in [9.17, 15) is 9.59 Å². The first kappa shape index (κ1) is 21.4. The molecule has 1 amide bonds. The molecule has 0 radical (unpaired) electrons. The van der Waals surface area contributed by atoms with Gasteiger partial charge < -0.3 is 10.2 Å². The largest absolute Gasteiger partial charge is 0.355 e. The lowest BCUT2D eigenvalue weighted by molar-refractivity contribution is -0.120. The first-order valence-corrected chi connectivity index (χ1v) is 10.3. The van der Waals surface area contributed by atoms with Crippen molar-refractivity contribution in [2.24, 2.45) is 5.92 Å². The molecule has 0 aliphatic heterocycles. The summed E-state index contributed by atoms with van der Waals surface area (Å²) >= 11 is 1.34. The van der Waals surface area contributed by atoms with E-state index >= 15 is 0 Å². The van der Waals surface area contributed by atoms with Gasteiger partial charge in [-0.15, -0.1) is 0 Å². The van der Waals surface area contributed by atoms with Crippen LogP contribution in [0, 0.1) is 5.92 Å². The summed E-state index contributed by atoms with van der Waals surface area (Å²) in [7, 11) is 4.02. The van der Waals surface area contributed by atoms with Gasteiger partial charge in [0.2, 0.25) is 5.91 Å². The van der Waals surface area contributed by atoms with Crippen LogP contribution in [0.25, 0.3) is 10.9 Å². The van der Waals surface area contributed by atoms with E-state index in [1.54, 1.807) is 10.6 Å². The van der Waals surface area contributed by atoms with Crippen LogP contribution in [-0.4, -0.2) is 52.8 Å². The van der Waals surface area contributed by atoms with E-state index in [-0.39, 0.29) is 16.7 Å². The number of nitrogens with zero attached hydrogens (tertiary/aromatic N) is 3. The molecule has 2 rings (SSSR count). The molecule has 0 saturated heterocycles. The zero-order valence-electron chi connectivity index (χ0n) is 16.9. The molecule has 0 fully saturated rings. The number of hydrogen-bond donors (Lipinski definition) is 1. The highest BCUT2D eigenvalue weighted by molar-refractivity contribution is 8.00. The summed E-state index contributed by atoms with van der Waals surface area (Å²) in [6.07, 6.45) is 0.842. The van der Waals surface area contributed by atoms with Crippen molar-refractivity contribution in [2.45, 2.75) is 44.1 Å². The topological polar surface area (TPSA) is 67.2 Å². The molecule has 1 aromatic heterocycles. The number of carbonyl (C=O) groups is 1. The maximum absolute atomic E-state index is 13.0. The molecular weight excluding hydrogens is 360 g/mol. The lowest BCUT2D eigenvalue weighted by Crippen LogP contribution is -2.34. The predicted octanol–water partition coefficient (Wildman–Crippen LogP) is 2.60. The summed E-state index contributed by atoms with van der Waals surface area (Å²) < 4.78 is 1.71. The fraction of sp³-hybridized carbons (Fsp3) is 0.550. The smallest absolute Gasteiger partial charge is 0.262 e. The van der Waals surface area contributed by atoms with Gasteiger partial charge in [-0.05, 0) is 52.0 Å². The monoisotopic (exact) mass is 390 g/mol. The minimum atomic E-state index is -0.322. The number of para-hydroxylation sites is 1. The maximum Gasteiger partial charge on any atom is 0.262 e. The summed E-state index contributed by atoms with van der Waals surface area (Å²) in [4.78, 5) is 32.1. The molecule has 0 aliphatic carbocycles.